The maximum atomic E-state index is 12.3. The average Bonchev–Trinajstić information content (AvgIpc) is 2.72. The maximum Gasteiger partial charge on any atom is 0.315 e. The van der Waals surface area contributed by atoms with Gasteiger partial charge in [0.05, 0.1) is 11.8 Å². The monoisotopic (exact) mass is 336 g/mol. The first-order chi connectivity index (χ1) is 11.2. The quantitative estimate of drug-likeness (QED) is 0.838. The Bertz CT molecular complexity index is 594. The lowest BCUT2D eigenvalue weighted by Crippen LogP contribution is -2.63. The van der Waals surface area contributed by atoms with Crippen LogP contribution in [0.3, 0.4) is 0 Å². The Hall–Kier alpha value is -1.56. The number of nitrogens with one attached hydrogen (secondary N) is 2. The Morgan fingerprint density at radius 1 is 1.46 bits per heavy atom. The van der Waals surface area contributed by atoms with Crippen molar-refractivity contribution in [3.05, 3.63) is 17.0 Å². The Morgan fingerprint density at radius 3 is 2.62 bits per heavy atom. The van der Waals surface area contributed by atoms with Crippen LogP contribution in [-0.2, 0) is 18.2 Å². The summed E-state index contributed by atoms with van der Waals surface area (Å²) in [6.45, 7) is 13.1. The van der Waals surface area contributed by atoms with Gasteiger partial charge in [-0.05, 0) is 46.1 Å². The molecule has 1 fully saturated rings. The van der Waals surface area contributed by atoms with Gasteiger partial charge in [0, 0.05) is 36.8 Å². The van der Waals surface area contributed by atoms with E-state index in [1.165, 1.54) is 5.56 Å². The molecule has 2 N–H and O–H groups in total. The Balaban J connectivity index is 1.84. The van der Waals surface area contributed by atoms with Crippen molar-refractivity contribution < 1.29 is 9.53 Å². The summed E-state index contributed by atoms with van der Waals surface area (Å²) in [5, 5.41) is 10.6. The van der Waals surface area contributed by atoms with Gasteiger partial charge in [-0.15, -0.1) is 0 Å². The molecule has 2 rings (SSSR count). The second-order valence-corrected chi connectivity index (χ2v) is 7.55. The molecule has 0 radical (unpaired) electrons. The summed E-state index contributed by atoms with van der Waals surface area (Å²) in [7, 11) is 1.95. The molecule has 6 heteroatoms. The molecule has 0 spiro atoms. The highest BCUT2D eigenvalue weighted by Gasteiger charge is 2.49. The van der Waals surface area contributed by atoms with Gasteiger partial charge in [-0.3, -0.25) is 4.68 Å². The first kappa shape index (κ1) is 18.8. The molecule has 3 atom stereocenters. The Kier molecular flexibility index (Phi) is 5.58. The Morgan fingerprint density at radius 2 is 2.12 bits per heavy atom. The van der Waals surface area contributed by atoms with Gasteiger partial charge < -0.3 is 15.4 Å². The molecule has 1 aromatic heterocycles. The summed E-state index contributed by atoms with van der Waals surface area (Å²) in [6, 6.07) is 0.107. The number of hydrogen-bond donors (Lipinski definition) is 2. The fourth-order valence-electron chi connectivity index (χ4n) is 3.51. The number of carbonyl (C=O) groups is 1. The fraction of sp³-hybridized carbons (Fsp3) is 0.778. The molecule has 6 nitrogen and oxygen atoms in total. The highest BCUT2D eigenvalue weighted by Crippen LogP contribution is 2.42. The topological polar surface area (TPSA) is 68.2 Å². The standard InChI is InChI=1S/C18H32N4O2/c1-8-24-16-10-15(18(16,5)6)20-17(23)19-11(2)9-14-12(3)21-22(7)13(14)4/h11,15-16H,8-10H2,1-7H3,(H2,19,20,23). The number of hydrogen-bond acceptors (Lipinski definition) is 3. The van der Waals surface area contributed by atoms with Crippen LogP contribution in [0.1, 0.15) is 51.1 Å². The molecule has 24 heavy (non-hydrogen) atoms. The molecule has 1 aliphatic carbocycles. The van der Waals surface area contributed by atoms with Crippen molar-refractivity contribution in [2.45, 2.75) is 72.6 Å². The predicted molar refractivity (Wildman–Crippen MR) is 95.1 cm³/mol. The highest BCUT2D eigenvalue weighted by atomic mass is 16.5. The number of carbonyl (C=O) groups excluding carboxylic acids is 1. The normalized spacial score (nSPS) is 23.5. The molecule has 1 heterocycles. The first-order valence-corrected chi connectivity index (χ1v) is 8.84. The fourth-order valence-corrected chi connectivity index (χ4v) is 3.51. The van der Waals surface area contributed by atoms with Gasteiger partial charge in [-0.1, -0.05) is 13.8 Å². The van der Waals surface area contributed by atoms with Gasteiger partial charge >= 0.3 is 6.03 Å². The lowest BCUT2D eigenvalue weighted by atomic mass is 9.64. The molecule has 0 aromatic carbocycles. The SMILES string of the molecule is CCOC1CC(NC(=O)NC(C)Cc2c(C)nn(C)c2C)C1(C)C. The van der Waals surface area contributed by atoms with Gasteiger partial charge in [-0.25, -0.2) is 4.79 Å². The number of nitrogens with zero attached hydrogens (tertiary/aromatic N) is 2. The van der Waals surface area contributed by atoms with E-state index >= 15 is 0 Å². The van der Waals surface area contributed by atoms with Crippen molar-refractivity contribution in [2.75, 3.05) is 6.61 Å². The van der Waals surface area contributed by atoms with Crippen LogP contribution in [0, 0.1) is 19.3 Å². The molecule has 3 unspecified atom stereocenters. The molecule has 0 bridgehead atoms. The lowest BCUT2D eigenvalue weighted by Gasteiger charge is -2.51. The van der Waals surface area contributed by atoms with Crippen molar-refractivity contribution >= 4 is 6.03 Å². The third kappa shape index (κ3) is 3.74. The zero-order valence-corrected chi connectivity index (χ0v) is 16.1. The van der Waals surface area contributed by atoms with Gasteiger partial charge in [0.1, 0.15) is 0 Å². The summed E-state index contributed by atoms with van der Waals surface area (Å²) in [6.07, 6.45) is 1.89. The van der Waals surface area contributed by atoms with Crippen molar-refractivity contribution in [2.24, 2.45) is 12.5 Å². The third-order valence-electron chi connectivity index (χ3n) is 5.40. The minimum atomic E-state index is -0.102. The number of urea groups is 1. The van der Waals surface area contributed by atoms with E-state index in [1.807, 2.05) is 32.5 Å². The molecule has 1 aliphatic rings. The minimum absolute atomic E-state index is 0.0207. The molecule has 1 saturated carbocycles. The van der Waals surface area contributed by atoms with Crippen molar-refractivity contribution in [3.8, 4) is 0 Å². The number of aromatic nitrogens is 2. The van der Waals surface area contributed by atoms with Crippen LogP contribution in [-0.4, -0.2) is 40.6 Å². The maximum absolute atomic E-state index is 12.3. The zero-order valence-electron chi connectivity index (χ0n) is 16.1. The molecular weight excluding hydrogens is 304 g/mol. The Labute approximate surface area is 145 Å². The first-order valence-electron chi connectivity index (χ1n) is 8.84. The average molecular weight is 336 g/mol. The van der Waals surface area contributed by atoms with E-state index in [-0.39, 0.29) is 29.6 Å². The molecule has 1 aromatic rings. The summed E-state index contributed by atoms with van der Waals surface area (Å²) >= 11 is 0. The van der Waals surface area contributed by atoms with E-state index < -0.39 is 0 Å². The molecule has 2 amide bonds. The van der Waals surface area contributed by atoms with Gasteiger partial charge in [0.25, 0.3) is 0 Å². The lowest BCUT2D eigenvalue weighted by molar-refractivity contribution is -0.110. The van der Waals surface area contributed by atoms with Gasteiger partial charge in [0.2, 0.25) is 0 Å². The van der Waals surface area contributed by atoms with Crippen molar-refractivity contribution in [1.82, 2.24) is 20.4 Å². The van der Waals surface area contributed by atoms with Crippen LogP contribution in [0.25, 0.3) is 0 Å². The second kappa shape index (κ2) is 7.13. The summed E-state index contributed by atoms with van der Waals surface area (Å²) in [5.41, 5.74) is 3.38. The molecule has 0 saturated heterocycles. The predicted octanol–water partition coefficient (Wildman–Crippen LogP) is 2.47. The summed E-state index contributed by atoms with van der Waals surface area (Å²) < 4.78 is 7.60. The van der Waals surface area contributed by atoms with Crippen LogP contribution in [0.4, 0.5) is 4.79 Å². The number of amides is 2. The molecule has 136 valence electrons. The smallest absolute Gasteiger partial charge is 0.315 e. The van der Waals surface area contributed by atoms with E-state index in [2.05, 4.69) is 36.5 Å². The number of ether oxygens (including phenoxy) is 1. The summed E-state index contributed by atoms with van der Waals surface area (Å²) in [5.74, 6) is 0. The largest absolute Gasteiger partial charge is 0.378 e. The van der Waals surface area contributed by atoms with E-state index in [0.29, 0.717) is 6.61 Å². The van der Waals surface area contributed by atoms with E-state index in [4.69, 9.17) is 4.74 Å². The number of rotatable bonds is 6. The molecule has 0 aliphatic heterocycles. The second-order valence-electron chi connectivity index (χ2n) is 7.55. The van der Waals surface area contributed by atoms with Crippen LogP contribution in [0.5, 0.6) is 0 Å². The highest BCUT2D eigenvalue weighted by molar-refractivity contribution is 5.74. The van der Waals surface area contributed by atoms with Gasteiger partial charge in [0.15, 0.2) is 0 Å². The van der Waals surface area contributed by atoms with Crippen LogP contribution in [0.2, 0.25) is 0 Å². The van der Waals surface area contributed by atoms with E-state index in [0.717, 1.165) is 24.2 Å². The van der Waals surface area contributed by atoms with Crippen molar-refractivity contribution in [3.63, 3.8) is 0 Å². The van der Waals surface area contributed by atoms with Crippen LogP contribution >= 0.6 is 0 Å². The number of aryl methyl sites for hydroxylation is 2. The van der Waals surface area contributed by atoms with Crippen LogP contribution in [0.15, 0.2) is 0 Å². The van der Waals surface area contributed by atoms with Crippen LogP contribution < -0.4 is 10.6 Å². The third-order valence-corrected chi connectivity index (χ3v) is 5.40. The van der Waals surface area contributed by atoms with Gasteiger partial charge in [-0.2, -0.15) is 5.10 Å². The van der Waals surface area contributed by atoms with E-state index in [9.17, 15) is 4.79 Å². The summed E-state index contributed by atoms with van der Waals surface area (Å²) in [4.78, 5) is 12.3. The molecular formula is C18H32N4O2. The zero-order chi connectivity index (χ0) is 18.1. The minimum Gasteiger partial charge on any atom is -0.378 e. The van der Waals surface area contributed by atoms with Crippen molar-refractivity contribution in [1.29, 1.82) is 0 Å². The van der Waals surface area contributed by atoms with E-state index in [1.54, 1.807) is 0 Å².